The number of halogens is 1. The number of hydrogen-bond donors (Lipinski definition) is 0. The van der Waals surface area contributed by atoms with Crippen molar-refractivity contribution in [3.8, 4) is 5.75 Å². The fourth-order valence-corrected chi connectivity index (χ4v) is 4.10. The van der Waals surface area contributed by atoms with Crippen molar-refractivity contribution >= 4 is 28.4 Å². The molecule has 0 bridgehead atoms. The maximum atomic E-state index is 12.7. The maximum Gasteiger partial charge on any atom is 0.339 e. The standard InChI is InChI=1S/C25H26ClNO4/c1-15-4-5-17(13-21(15)26)22(28)14-19-12-18-6-7-23(16(2)24(18)31-25(19)29)30-20-8-10-27(3)11-9-20/h4-7,12-13,20H,8-11,14H2,1-3H3. The van der Waals surface area contributed by atoms with E-state index in [0.717, 1.165) is 48.2 Å². The van der Waals surface area contributed by atoms with Crippen molar-refractivity contribution < 1.29 is 13.9 Å². The Balaban J connectivity index is 1.58. The molecule has 5 nitrogen and oxygen atoms in total. The van der Waals surface area contributed by atoms with Crippen LogP contribution in [0.4, 0.5) is 0 Å². The third kappa shape index (κ3) is 4.68. The fraction of sp³-hybridized carbons (Fsp3) is 0.360. The van der Waals surface area contributed by atoms with Crippen LogP contribution in [0.15, 0.2) is 45.6 Å². The molecule has 0 atom stereocenters. The zero-order chi connectivity index (χ0) is 22.1. The monoisotopic (exact) mass is 439 g/mol. The highest BCUT2D eigenvalue weighted by molar-refractivity contribution is 6.31. The van der Waals surface area contributed by atoms with Gasteiger partial charge >= 0.3 is 5.63 Å². The Morgan fingerprint density at radius 1 is 1.16 bits per heavy atom. The average Bonchev–Trinajstić information content (AvgIpc) is 2.75. The van der Waals surface area contributed by atoms with Gasteiger partial charge in [-0.2, -0.15) is 0 Å². The molecule has 4 rings (SSSR count). The third-order valence-corrected chi connectivity index (χ3v) is 6.38. The van der Waals surface area contributed by atoms with Gasteiger partial charge in [0.2, 0.25) is 0 Å². The van der Waals surface area contributed by atoms with Crippen LogP contribution < -0.4 is 10.4 Å². The van der Waals surface area contributed by atoms with Crippen LogP contribution in [-0.2, 0) is 6.42 Å². The van der Waals surface area contributed by atoms with Crippen LogP contribution in [0, 0.1) is 13.8 Å². The summed E-state index contributed by atoms with van der Waals surface area (Å²) in [5, 5.41) is 1.31. The van der Waals surface area contributed by atoms with Crippen LogP contribution >= 0.6 is 11.6 Å². The molecule has 0 saturated carbocycles. The van der Waals surface area contributed by atoms with Gasteiger partial charge in [0.15, 0.2) is 5.78 Å². The molecule has 1 aliphatic heterocycles. The van der Waals surface area contributed by atoms with Crippen molar-refractivity contribution in [2.24, 2.45) is 0 Å². The second-order valence-electron chi connectivity index (χ2n) is 8.35. The van der Waals surface area contributed by atoms with Gasteiger partial charge in [-0.3, -0.25) is 4.79 Å². The molecule has 162 valence electrons. The predicted octanol–water partition coefficient (Wildman–Crippen LogP) is 4.96. The van der Waals surface area contributed by atoms with Crippen molar-refractivity contribution in [2.75, 3.05) is 20.1 Å². The first-order valence-corrected chi connectivity index (χ1v) is 10.9. The molecule has 1 aliphatic rings. The summed E-state index contributed by atoms with van der Waals surface area (Å²) in [7, 11) is 2.11. The lowest BCUT2D eigenvalue weighted by Crippen LogP contribution is -2.35. The van der Waals surface area contributed by atoms with Crippen LogP contribution in [-0.4, -0.2) is 36.9 Å². The smallest absolute Gasteiger partial charge is 0.339 e. The quantitative estimate of drug-likeness (QED) is 0.415. The number of piperidine rings is 1. The minimum absolute atomic E-state index is 0.0371. The van der Waals surface area contributed by atoms with Crippen LogP contribution in [0.25, 0.3) is 11.0 Å². The van der Waals surface area contributed by atoms with Crippen molar-refractivity contribution in [1.29, 1.82) is 0 Å². The van der Waals surface area contributed by atoms with Gasteiger partial charge in [0.05, 0.1) is 0 Å². The SMILES string of the molecule is Cc1ccc(C(=O)Cc2cc3ccc(OC4CCN(C)CC4)c(C)c3oc2=O)cc1Cl. The molecule has 2 aromatic carbocycles. The molecule has 31 heavy (non-hydrogen) atoms. The number of carbonyl (C=O) groups excluding carboxylic acids is 1. The Hall–Kier alpha value is -2.63. The number of ketones is 1. The number of likely N-dealkylation sites (tertiary alicyclic amines) is 1. The van der Waals surface area contributed by atoms with Gasteiger partial charge in [-0.15, -0.1) is 0 Å². The van der Waals surface area contributed by atoms with Gasteiger partial charge in [0.25, 0.3) is 0 Å². The van der Waals surface area contributed by atoms with Gasteiger partial charge in [-0.05, 0) is 63.6 Å². The maximum absolute atomic E-state index is 12.7. The summed E-state index contributed by atoms with van der Waals surface area (Å²) in [6.45, 7) is 5.79. The summed E-state index contributed by atoms with van der Waals surface area (Å²) in [6.07, 6.45) is 2.08. The highest BCUT2D eigenvalue weighted by Gasteiger charge is 2.20. The minimum Gasteiger partial charge on any atom is -0.490 e. The van der Waals surface area contributed by atoms with E-state index in [0.29, 0.717) is 21.7 Å². The lowest BCUT2D eigenvalue weighted by Gasteiger charge is -2.29. The molecule has 0 unspecified atom stereocenters. The molecule has 0 aliphatic carbocycles. The summed E-state index contributed by atoms with van der Waals surface area (Å²) in [6, 6.07) is 10.7. The lowest BCUT2D eigenvalue weighted by atomic mass is 10.0. The molecule has 0 amide bonds. The molecule has 1 saturated heterocycles. The number of Topliss-reactive ketones (excluding diaryl/α,β-unsaturated/α-hetero) is 1. The number of benzene rings is 2. The first-order chi connectivity index (χ1) is 14.8. The fourth-order valence-electron chi connectivity index (χ4n) is 3.92. The normalized spacial score (nSPS) is 15.4. The lowest BCUT2D eigenvalue weighted by molar-refractivity contribution is 0.0992. The van der Waals surface area contributed by atoms with Crippen molar-refractivity contribution in [3.63, 3.8) is 0 Å². The molecule has 0 radical (unpaired) electrons. The molecular formula is C25H26ClNO4. The highest BCUT2D eigenvalue weighted by Crippen LogP contribution is 2.29. The van der Waals surface area contributed by atoms with Crippen molar-refractivity contribution in [1.82, 2.24) is 4.90 Å². The van der Waals surface area contributed by atoms with E-state index in [1.54, 1.807) is 24.3 Å². The first kappa shape index (κ1) is 21.6. The molecule has 3 aromatic rings. The summed E-state index contributed by atoms with van der Waals surface area (Å²) in [5.41, 5.74) is 2.52. The molecule has 0 N–H and O–H groups in total. The number of ether oxygens (including phenoxy) is 1. The zero-order valence-corrected chi connectivity index (χ0v) is 18.8. The van der Waals surface area contributed by atoms with E-state index in [4.69, 9.17) is 20.8 Å². The molecule has 0 spiro atoms. The van der Waals surface area contributed by atoms with Crippen LogP contribution in [0.3, 0.4) is 0 Å². The molecule has 2 heterocycles. The molecular weight excluding hydrogens is 414 g/mol. The Labute approximate surface area is 186 Å². The highest BCUT2D eigenvalue weighted by atomic mass is 35.5. The Bertz CT molecular complexity index is 1190. The number of fused-ring (bicyclic) bond motifs is 1. The summed E-state index contributed by atoms with van der Waals surface area (Å²) >= 11 is 6.13. The van der Waals surface area contributed by atoms with E-state index in [-0.39, 0.29) is 18.3 Å². The number of hydrogen-bond acceptors (Lipinski definition) is 5. The second kappa shape index (κ2) is 8.85. The number of carbonyl (C=O) groups is 1. The zero-order valence-electron chi connectivity index (χ0n) is 18.0. The molecule has 6 heteroatoms. The van der Waals surface area contributed by atoms with Gasteiger partial charge < -0.3 is 14.1 Å². The van der Waals surface area contributed by atoms with Gasteiger partial charge in [-0.1, -0.05) is 23.7 Å². The Kier molecular flexibility index (Phi) is 6.17. The summed E-state index contributed by atoms with van der Waals surface area (Å²) in [5.74, 6) is 0.566. The average molecular weight is 440 g/mol. The van der Waals surface area contributed by atoms with Crippen LogP contribution in [0.5, 0.6) is 5.75 Å². The second-order valence-corrected chi connectivity index (χ2v) is 8.76. The number of nitrogens with zero attached hydrogens (tertiary/aromatic N) is 1. The topological polar surface area (TPSA) is 59.8 Å². The van der Waals surface area contributed by atoms with Crippen molar-refractivity contribution in [3.05, 3.63) is 74.1 Å². The van der Waals surface area contributed by atoms with Gasteiger partial charge in [0, 0.05) is 46.6 Å². The van der Waals surface area contributed by atoms with Gasteiger partial charge in [-0.25, -0.2) is 4.79 Å². The van der Waals surface area contributed by atoms with E-state index < -0.39 is 5.63 Å². The van der Waals surface area contributed by atoms with E-state index in [1.807, 2.05) is 26.0 Å². The van der Waals surface area contributed by atoms with Gasteiger partial charge in [0.1, 0.15) is 17.4 Å². The van der Waals surface area contributed by atoms with E-state index in [9.17, 15) is 9.59 Å². The van der Waals surface area contributed by atoms with Crippen LogP contribution in [0.2, 0.25) is 5.02 Å². The molecule has 1 aromatic heterocycles. The Morgan fingerprint density at radius 3 is 2.61 bits per heavy atom. The predicted molar refractivity (Wildman–Crippen MR) is 123 cm³/mol. The van der Waals surface area contributed by atoms with Crippen LogP contribution in [0.1, 0.15) is 39.9 Å². The first-order valence-electron chi connectivity index (χ1n) is 10.5. The largest absolute Gasteiger partial charge is 0.490 e. The van der Waals surface area contributed by atoms with E-state index in [1.165, 1.54) is 0 Å². The van der Waals surface area contributed by atoms with E-state index in [2.05, 4.69) is 11.9 Å². The summed E-state index contributed by atoms with van der Waals surface area (Å²) < 4.78 is 11.8. The number of rotatable bonds is 5. The number of aryl methyl sites for hydroxylation is 2. The van der Waals surface area contributed by atoms with Crippen molar-refractivity contribution in [2.45, 2.75) is 39.2 Å². The Morgan fingerprint density at radius 2 is 1.90 bits per heavy atom. The minimum atomic E-state index is -0.501. The third-order valence-electron chi connectivity index (χ3n) is 5.98. The molecule has 1 fully saturated rings. The summed E-state index contributed by atoms with van der Waals surface area (Å²) in [4.78, 5) is 27.6. The van der Waals surface area contributed by atoms with E-state index >= 15 is 0 Å².